The molecule has 0 aromatic rings. The Morgan fingerprint density at radius 3 is 2.65 bits per heavy atom. The van der Waals surface area contributed by atoms with Gasteiger partial charge < -0.3 is 5.11 Å². The van der Waals surface area contributed by atoms with E-state index in [4.69, 9.17) is 0 Å². The molecule has 0 saturated heterocycles. The van der Waals surface area contributed by atoms with Gasteiger partial charge in [-0.05, 0) is 49.9 Å². The molecule has 0 bridgehead atoms. The summed E-state index contributed by atoms with van der Waals surface area (Å²) in [5.74, 6) is 1.02. The van der Waals surface area contributed by atoms with Gasteiger partial charge in [-0.3, -0.25) is 0 Å². The average molecular weight is 301 g/mol. The summed E-state index contributed by atoms with van der Waals surface area (Å²) in [5.41, 5.74) is 1.27. The molecule has 1 fully saturated rings. The van der Waals surface area contributed by atoms with E-state index < -0.39 is 5.60 Å². The third-order valence-corrected chi connectivity index (χ3v) is 6.66. The summed E-state index contributed by atoms with van der Waals surface area (Å²) in [6.07, 6.45) is 6.62. The summed E-state index contributed by atoms with van der Waals surface area (Å²) in [5, 5.41) is 10.7. The van der Waals surface area contributed by atoms with Crippen molar-refractivity contribution in [2.75, 3.05) is 0 Å². The topological polar surface area (TPSA) is 20.2 Å². The Labute approximate surface area is 114 Å². The Morgan fingerprint density at radius 1 is 1.41 bits per heavy atom. The molecular weight excluding hydrogens is 276 g/mol. The van der Waals surface area contributed by atoms with Gasteiger partial charge in [-0.25, -0.2) is 0 Å². The van der Waals surface area contributed by atoms with E-state index in [0.29, 0.717) is 16.7 Å². The summed E-state index contributed by atoms with van der Waals surface area (Å²) >= 11 is 3.85. The van der Waals surface area contributed by atoms with E-state index >= 15 is 0 Å². The predicted octanol–water partition coefficient (Wildman–Crippen LogP) is 4.29. The number of hydrogen-bond donors (Lipinski definition) is 1. The Bertz CT molecular complexity index is 332. The van der Waals surface area contributed by atoms with Crippen LogP contribution in [0, 0.1) is 17.3 Å². The molecule has 0 aromatic heterocycles. The van der Waals surface area contributed by atoms with E-state index in [9.17, 15) is 5.11 Å². The lowest BCUT2D eigenvalue weighted by Crippen LogP contribution is -2.54. The third-order valence-electron chi connectivity index (χ3n) is 5.15. The Morgan fingerprint density at radius 2 is 2.06 bits per heavy atom. The van der Waals surface area contributed by atoms with Gasteiger partial charge in [-0.15, -0.1) is 0 Å². The number of aliphatic hydroxyl groups is 1. The molecular formula is C15H25BrO. The van der Waals surface area contributed by atoms with Crippen molar-refractivity contribution in [3.8, 4) is 0 Å². The van der Waals surface area contributed by atoms with Crippen LogP contribution in [-0.2, 0) is 0 Å². The van der Waals surface area contributed by atoms with Gasteiger partial charge in [-0.1, -0.05) is 48.4 Å². The van der Waals surface area contributed by atoms with Gasteiger partial charge in [0.2, 0.25) is 0 Å². The first-order valence-electron chi connectivity index (χ1n) is 6.83. The van der Waals surface area contributed by atoms with Gasteiger partial charge in [0.05, 0.1) is 5.60 Å². The highest BCUT2D eigenvalue weighted by Crippen LogP contribution is 2.56. The highest BCUT2D eigenvalue weighted by molar-refractivity contribution is 9.09. The molecule has 0 aliphatic heterocycles. The first kappa shape index (κ1) is 13.6. The number of alkyl halides is 1. The summed E-state index contributed by atoms with van der Waals surface area (Å²) in [6, 6.07) is 0. The molecule has 0 aromatic carbocycles. The maximum atomic E-state index is 10.7. The van der Waals surface area contributed by atoms with Crippen LogP contribution in [0.3, 0.4) is 0 Å². The van der Waals surface area contributed by atoms with Gasteiger partial charge in [-0.2, -0.15) is 0 Å². The molecule has 0 heterocycles. The van der Waals surface area contributed by atoms with Crippen molar-refractivity contribution in [3.63, 3.8) is 0 Å². The predicted molar refractivity (Wildman–Crippen MR) is 76.3 cm³/mol. The van der Waals surface area contributed by atoms with Gasteiger partial charge in [0, 0.05) is 4.83 Å². The zero-order chi connectivity index (χ0) is 12.8. The van der Waals surface area contributed by atoms with Crippen molar-refractivity contribution in [2.24, 2.45) is 17.3 Å². The fourth-order valence-corrected chi connectivity index (χ4v) is 4.45. The fourth-order valence-electron chi connectivity index (χ4n) is 3.72. The second-order valence-electron chi connectivity index (χ2n) is 6.76. The zero-order valence-electron chi connectivity index (χ0n) is 11.5. The van der Waals surface area contributed by atoms with Gasteiger partial charge >= 0.3 is 0 Å². The molecule has 2 rings (SSSR count). The fraction of sp³-hybridized carbons (Fsp3) is 0.867. The van der Waals surface area contributed by atoms with E-state index in [0.717, 1.165) is 25.7 Å². The van der Waals surface area contributed by atoms with Crippen molar-refractivity contribution in [1.82, 2.24) is 0 Å². The van der Waals surface area contributed by atoms with Crippen LogP contribution in [0.5, 0.6) is 0 Å². The lowest BCUT2D eigenvalue weighted by molar-refractivity contribution is -0.0937. The zero-order valence-corrected chi connectivity index (χ0v) is 13.0. The standard InChI is InChI=1S/C15H25BrO/c1-10(2)11-5-7-14(3)12(9-11)15(4,17)8-6-13(14)16/h5,10,12-13,17H,6-9H2,1-4H3. The maximum absolute atomic E-state index is 10.7. The number of allylic oxidation sites excluding steroid dienone is 2. The Kier molecular flexibility index (Phi) is 3.51. The van der Waals surface area contributed by atoms with Crippen LogP contribution < -0.4 is 0 Å². The minimum absolute atomic E-state index is 0.222. The highest BCUT2D eigenvalue weighted by Gasteiger charge is 2.53. The molecule has 98 valence electrons. The number of rotatable bonds is 1. The van der Waals surface area contributed by atoms with Gasteiger partial charge in [0.1, 0.15) is 0 Å². The minimum atomic E-state index is -0.493. The minimum Gasteiger partial charge on any atom is -0.390 e. The molecule has 2 aliphatic carbocycles. The molecule has 1 N–H and O–H groups in total. The highest BCUT2D eigenvalue weighted by atomic mass is 79.9. The largest absolute Gasteiger partial charge is 0.390 e. The van der Waals surface area contributed by atoms with Crippen molar-refractivity contribution in [1.29, 1.82) is 0 Å². The number of halogens is 1. The summed E-state index contributed by atoms with van der Waals surface area (Å²) in [6.45, 7) is 8.91. The Hall–Kier alpha value is 0.180. The van der Waals surface area contributed by atoms with Crippen LogP contribution >= 0.6 is 15.9 Å². The lowest BCUT2D eigenvalue weighted by atomic mass is 9.55. The van der Waals surface area contributed by atoms with E-state index in [-0.39, 0.29) is 5.41 Å². The molecule has 2 heteroatoms. The number of fused-ring (bicyclic) bond motifs is 1. The molecule has 1 saturated carbocycles. The van der Waals surface area contributed by atoms with E-state index in [1.165, 1.54) is 5.57 Å². The second kappa shape index (κ2) is 4.38. The van der Waals surface area contributed by atoms with Crippen molar-refractivity contribution in [2.45, 2.75) is 63.8 Å². The molecule has 4 atom stereocenters. The first-order chi connectivity index (χ1) is 7.77. The van der Waals surface area contributed by atoms with Crippen LogP contribution in [-0.4, -0.2) is 15.5 Å². The SMILES string of the molecule is CC(C)C1=CCC2(C)C(Br)CCC(C)(O)C2C1. The quantitative estimate of drug-likeness (QED) is 0.566. The second-order valence-corrected chi connectivity index (χ2v) is 7.87. The smallest absolute Gasteiger partial charge is 0.0657 e. The maximum Gasteiger partial charge on any atom is 0.0657 e. The van der Waals surface area contributed by atoms with Crippen LogP contribution in [0.4, 0.5) is 0 Å². The average Bonchev–Trinajstić information content (AvgIpc) is 2.24. The normalized spacial score (nSPS) is 46.6. The van der Waals surface area contributed by atoms with Gasteiger partial charge in [0.25, 0.3) is 0 Å². The molecule has 17 heavy (non-hydrogen) atoms. The van der Waals surface area contributed by atoms with E-state index in [1.54, 1.807) is 0 Å². The number of hydrogen-bond acceptors (Lipinski definition) is 1. The summed E-state index contributed by atoms with van der Waals surface area (Å²) < 4.78 is 0. The molecule has 4 unspecified atom stereocenters. The van der Waals surface area contributed by atoms with E-state index in [2.05, 4.69) is 42.8 Å². The molecule has 1 nitrogen and oxygen atoms in total. The van der Waals surface area contributed by atoms with Crippen LogP contribution in [0.1, 0.15) is 53.4 Å². The Balaban J connectivity index is 2.33. The monoisotopic (exact) mass is 300 g/mol. The van der Waals surface area contributed by atoms with E-state index in [1.807, 2.05) is 6.92 Å². The molecule has 2 aliphatic rings. The van der Waals surface area contributed by atoms with Crippen LogP contribution in [0.15, 0.2) is 11.6 Å². The van der Waals surface area contributed by atoms with Gasteiger partial charge in [0.15, 0.2) is 0 Å². The van der Waals surface area contributed by atoms with Crippen molar-refractivity contribution < 1.29 is 5.11 Å². The molecule has 0 spiro atoms. The summed E-state index contributed by atoms with van der Waals surface area (Å²) in [7, 11) is 0. The lowest BCUT2D eigenvalue weighted by Gasteiger charge is -2.54. The molecule has 0 amide bonds. The first-order valence-corrected chi connectivity index (χ1v) is 7.74. The third kappa shape index (κ3) is 2.23. The van der Waals surface area contributed by atoms with Crippen molar-refractivity contribution >= 4 is 15.9 Å². The molecule has 0 radical (unpaired) electrons. The van der Waals surface area contributed by atoms with Crippen molar-refractivity contribution in [3.05, 3.63) is 11.6 Å². The van der Waals surface area contributed by atoms with Crippen LogP contribution in [0.25, 0.3) is 0 Å². The van der Waals surface area contributed by atoms with Crippen LogP contribution in [0.2, 0.25) is 0 Å². The summed E-state index contributed by atoms with van der Waals surface area (Å²) in [4.78, 5) is 0.546.